The van der Waals surface area contributed by atoms with Crippen LogP contribution in [0.25, 0.3) is 0 Å². The first-order chi connectivity index (χ1) is 6.33. The van der Waals surface area contributed by atoms with E-state index in [1.807, 2.05) is 0 Å². The monoisotopic (exact) mass is 216 g/mol. The molecule has 0 saturated heterocycles. The van der Waals surface area contributed by atoms with Crippen molar-refractivity contribution in [1.29, 1.82) is 0 Å². The maximum Gasteiger partial charge on any atom is 0.0116 e. The zero-order chi connectivity index (χ0) is 9.52. The molecule has 1 aliphatic carbocycles. The van der Waals surface area contributed by atoms with Gasteiger partial charge >= 0.3 is 0 Å². The highest BCUT2D eigenvalue weighted by molar-refractivity contribution is 8.00. The van der Waals surface area contributed by atoms with Gasteiger partial charge in [-0.15, -0.1) is 0 Å². The predicted octanol–water partition coefficient (Wildman–Crippen LogP) is 3.78. The van der Waals surface area contributed by atoms with Crippen LogP contribution in [0.2, 0.25) is 0 Å². The molecule has 0 heterocycles. The van der Waals surface area contributed by atoms with E-state index in [9.17, 15) is 0 Å². The van der Waals surface area contributed by atoms with E-state index in [4.69, 9.17) is 0 Å². The summed E-state index contributed by atoms with van der Waals surface area (Å²) in [6.07, 6.45) is 10.1. The number of rotatable bonds is 4. The minimum atomic E-state index is 0.877. The molecule has 13 heavy (non-hydrogen) atoms. The maximum atomic E-state index is 4.14. The topological polar surface area (TPSA) is 0 Å². The Labute approximate surface area is 92.0 Å². The Morgan fingerprint density at radius 1 is 1.38 bits per heavy atom. The normalized spacial score (nSPS) is 29.7. The fraction of sp³-hybridized carbons (Fsp3) is 0.818. The van der Waals surface area contributed by atoms with Gasteiger partial charge in [-0.3, -0.25) is 0 Å². The summed E-state index contributed by atoms with van der Waals surface area (Å²) in [7, 11) is 0. The van der Waals surface area contributed by atoms with Gasteiger partial charge in [-0.1, -0.05) is 31.9 Å². The van der Waals surface area contributed by atoms with Gasteiger partial charge in [0.2, 0.25) is 0 Å². The lowest BCUT2D eigenvalue weighted by molar-refractivity contribution is 0.394. The van der Waals surface area contributed by atoms with Crippen molar-refractivity contribution in [3.63, 3.8) is 0 Å². The highest BCUT2D eigenvalue weighted by atomic mass is 32.2. The van der Waals surface area contributed by atoms with Crippen LogP contribution >= 0.6 is 24.4 Å². The van der Waals surface area contributed by atoms with Crippen molar-refractivity contribution in [2.45, 2.75) is 37.9 Å². The Kier molecular flexibility index (Phi) is 6.05. The lowest BCUT2D eigenvalue weighted by Gasteiger charge is -2.25. The van der Waals surface area contributed by atoms with Gasteiger partial charge in [0.1, 0.15) is 0 Å². The van der Waals surface area contributed by atoms with Gasteiger partial charge in [-0.05, 0) is 18.8 Å². The Hall–Kier alpha value is 0.440. The SMILES string of the molecule is CC1CCCC(SCC=CCS)C1. The lowest BCUT2D eigenvalue weighted by Crippen LogP contribution is -2.15. The highest BCUT2D eigenvalue weighted by Gasteiger charge is 2.18. The minimum absolute atomic E-state index is 0.877. The van der Waals surface area contributed by atoms with Crippen LogP contribution in [0.15, 0.2) is 12.2 Å². The summed E-state index contributed by atoms with van der Waals surface area (Å²) in [4.78, 5) is 0. The van der Waals surface area contributed by atoms with Crippen molar-refractivity contribution in [3.05, 3.63) is 12.2 Å². The third-order valence-electron chi connectivity index (χ3n) is 2.59. The van der Waals surface area contributed by atoms with Crippen LogP contribution in [-0.2, 0) is 0 Å². The van der Waals surface area contributed by atoms with Gasteiger partial charge in [0.15, 0.2) is 0 Å². The summed E-state index contributed by atoms with van der Waals surface area (Å²) >= 11 is 6.26. The molecule has 1 fully saturated rings. The molecule has 1 saturated carbocycles. The first-order valence-corrected chi connectivity index (χ1v) is 6.88. The van der Waals surface area contributed by atoms with Gasteiger partial charge in [0.25, 0.3) is 0 Å². The standard InChI is InChI=1S/C11H20S2/c1-10-5-4-6-11(9-10)13-8-3-2-7-12/h2-3,10-12H,4-9H2,1H3. The molecule has 0 aromatic rings. The van der Waals surface area contributed by atoms with Crippen LogP contribution in [0.3, 0.4) is 0 Å². The van der Waals surface area contributed by atoms with E-state index in [0.717, 1.165) is 16.9 Å². The summed E-state index contributed by atoms with van der Waals surface area (Å²) < 4.78 is 0. The summed E-state index contributed by atoms with van der Waals surface area (Å²) in [5.41, 5.74) is 0. The van der Waals surface area contributed by atoms with Gasteiger partial charge < -0.3 is 0 Å². The number of hydrogen-bond acceptors (Lipinski definition) is 2. The fourth-order valence-electron chi connectivity index (χ4n) is 1.86. The summed E-state index contributed by atoms with van der Waals surface area (Å²) in [5.74, 6) is 3.01. The predicted molar refractivity (Wildman–Crippen MR) is 66.9 cm³/mol. The molecule has 0 amide bonds. The molecule has 1 rings (SSSR count). The van der Waals surface area contributed by atoms with E-state index < -0.39 is 0 Å². The highest BCUT2D eigenvalue weighted by Crippen LogP contribution is 2.31. The molecule has 0 bridgehead atoms. The molecule has 2 atom stereocenters. The van der Waals surface area contributed by atoms with E-state index in [-0.39, 0.29) is 0 Å². The van der Waals surface area contributed by atoms with Crippen molar-refractivity contribution < 1.29 is 0 Å². The molecule has 0 aliphatic heterocycles. The van der Waals surface area contributed by atoms with Crippen molar-refractivity contribution in [3.8, 4) is 0 Å². The summed E-state index contributed by atoms with van der Waals surface area (Å²) in [6.45, 7) is 2.39. The van der Waals surface area contributed by atoms with Gasteiger partial charge in [0, 0.05) is 16.8 Å². The molecule has 76 valence electrons. The molecule has 2 heteroatoms. The molecule has 0 radical (unpaired) electrons. The molecular formula is C11H20S2. The van der Waals surface area contributed by atoms with E-state index >= 15 is 0 Å². The number of thioether (sulfide) groups is 1. The average molecular weight is 216 g/mol. The molecular weight excluding hydrogens is 196 g/mol. The quantitative estimate of drug-likeness (QED) is 0.551. The zero-order valence-electron chi connectivity index (χ0n) is 8.41. The van der Waals surface area contributed by atoms with Crippen LogP contribution in [-0.4, -0.2) is 16.8 Å². The molecule has 0 spiro atoms. The van der Waals surface area contributed by atoms with Gasteiger partial charge in [0.05, 0.1) is 0 Å². The van der Waals surface area contributed by atoms with Crippen molar-refractivity contribution >= 4 is 24.4 Å². The Morgan fingerprint density at radius 2 is 2.23 bits per heavy atom. The Balaban J connectivity index is 2.10. The fourth-order valence-corrected chi connectivity index (χ4v) is 3.33. The summed E-state index contributed by atoms with van der Waals surface area (Å²) in [5, 5.41) is 0.924. The summed E-state index contributed by atoms with van der Waals surface area (Å²) in [6, 6.07) is 0. The third kappa shape index (κ3) is 5.02. The van der Waals surface area contributed by atoms with Crippen molar-refractivity contribution in [2.24, 2.45) is 5.92 Å². The second-order valence-electron chi connectivity index (χ2n) is 3.88. The van der Waals surface area contributed by atoms with Gasteiger partial charge in [-0.25, -0.2) is 0 Å². The van der Waals surface area contributed by atoms with E-state index in [0.29, 0.717) is 0 Å². The molecule has 0 N–H and O–H groups in total. The Bertz CT molecular complexity index is 154. The average Bonchev–Trinajstić information content (AvgIpc) is 2.13. The van der Waals surface area contributed by atoms with Crippen LogP contribution in [0, 0.1) is 5.92 Å². The van der Waals surface area contributed by atoms with Gasteiger partial charge in [-0.2, -0.15) is 24.4 Å². The van der Waals surface area contributed by atoms with E-state index in [1.54, 1.807) is 0 Å². The van der Waals surface area contributed by atoms with E-state index in [1.165, 1.54) is 31.4 Å². The molecule has 0 aromatic heterocycles. The molecule has 0 nitrogen and oxygen atoms in total. The van der Waals surface area contributed by atoms with Crippen LogP contribution in [0.5, 0.6) is 0 Å². The number of thiol groups is 1. The van der Waals surface area contributed by atoms with Crippen LogP contribution < -0.4 is 0 Å². The lowest BCUT2D eigenvalue weighted by atomic mass is 9.91. The van der Waals surface area contributed by atoms with Crippen LogP contribution in [0.4, 0.5) is 0 Å². The largest absolute Gasteiger partial charge is 0.175 e. The molecule has 0 aromatic carbocycles. The molecule has 1 aliphatic rings. The maximum absolute atomic E-state index is 4.14. The first-order valence-electron chi connectivity index (χ1n) is 5.20. The second kappa shape index (κ2) is 6.83. The third-order valence-corrected chi connectivity index (χ3v) is 4.08. The zero-order valence-corrected chi connectivity index (χ0v) is 10.1. The van der Waals surface area contributed by atoms with E-state index in [2.05, 4.69) is 43.5 Å². The number of hydrogen-bond donors (Lipinski definition) is 1. The van der Waals surface area contributed by atoms with Crippen molar-refractivity contribution in [2.75, 3.05) is 11.5 Å². The minimum Gasteiger partial charge on any atom is -0.175 e. The second-order valence-corrected chi connectivity index (χ2v) is 5.58. The Morgan fingerprint density at radius 3 is 2.92 bits per heavy atom. The smallest absolute Gasteiger partial charge is 0.0116 e. The van der Waals surface area contributed by atoms with Crippen LogP contribution in [0.1, 0.15) is 32.6 Å². The first kappa shape index (κ1) is 11.5. The van der Waals surface area contributed by atoms with Crippen molar-refractivity contribution in [1.82, 2.24) is 0 Å². The molecule has 2 unspecified atom stereocenters.